The first kappa shape index (κ1) is 13.5. The third-order valence-electron chi connectivity index (χ3n) is 3.12. The van der Waals surface area contributed by atoms with Gasteiger partial charge in [0.2, 0.25) is 0 Å². The highest BCUT2D eigenvalue weighted by Gasteiger charge is 2.23. The monoisotopic (exact) mass is 269 g/mol. The fourth-order valence-corrected chi connectivity index (χ4v) is 3.31. The zero-order valence-corrected chi connectivity index (χ0v) is 11.8. The van der Waals surface area contributed by atoms with Crippen LogP contribution in [0.25, 0.3) is 0 Å². The Hall–Kier alpha value is -0.910. The van der Waals surface area contributed by atoms with Gasteiger partial charge in [-0.25, -0.2) is 4.79 Å². The van der Waals surface area contributed by atoms with E-state index in [9.17, 15) is 4.79 Å². The quantitative estimate of drug-likeness (QED) is 0.915. The molecule has 0 spiro atoms. The Morgan fingerprint density at radius 1 is 1.50 bits per heavy atom. The van der Waals surface area contributed by atoms with E-state index in [1.807, 2.05) is 6.92 Å². The van der Waals surface area contributed by atoms with Crippen LogP contribution in [0.1, 0.15) is 34.0 Å². The predicted molar refractivity (Wildman–Crippen MR) is 71.3 cm³/mol. The van der Waals surface area contributed by atoms with Crippen molar-refractivity contribution in [3.05, 3.63) is 21.4 Å². The van der Waals surface area contributed by atoms with Gasteiger partial charge < -0.3 is 9.84 Å². The summed E-state index contributed by atoms with van der Waals surface area (Å²) in [6, 6.07) is 1.80. The molecule has 1 aliphatic rings. The molecule has 2 unspecified atom stereocenters. The van der Waals surface area contributed by atoms with Crippen LogP contribution in [0, 0.1) is 6.92 Å². The van der Waals surface area contributed by atoms with Gasteiger partial charge in [-0.15, -0.1) is 11.3 Å². The highest BCUT2D eigenvalue weighted by Crippen LogP contribution is 2.24. The van der Waals surface area contributed by atoms with Gasteiger partial charge in [-0.05, 0) is 32.4 Å². The Bertz CT molecular complexity index is 433. The minimum atomic E-state index is -0.835. The van der Waals surface area contributed by atoms with E-state index < -0.39 is 5.97 Å². The van der Waals surface area contributed by atoms with Crippen LogP contribution in [0.4, 0.5) is 0 Å². The van der Waals surface area contributed by atoms with Gasteiger partial charge in [-0.2, -0.15) is 0 Å². The Morgan fingerprint density at radius 2 is 2.11 bits per heavy atom. The number of hydrogen-bond donors (Lipinski definition) is 1. The summed E-state index contributed by atoms with van der Waals surface area (Å²) >= 11 is 1.36. The zero-order chi connectivity index (χ0) is 13.3. The summed E-state index contributed by atoms with van der Waals surface area (Å²) in [7, 11) is 0. The summed E-state index contributed by atoms with van der Waals surface area (Å²) in [5.41, 5.74) is 1.12. The highest BCUT2D eigenvalue weighted by atomic mass is 32.1. The first-order chi connectivity index (χ1) is 8.45. The number of carboxylic acids is 1. The van der Waals surface area contributed by atoms with Crippen molar-refractivity contribution in [2.75, 3.05) is 13.1 Å². The van der Waals surface area contributed by atoms with Gasteiger partial charge in [0, 0.05) is 24.5 Å². The molecule has 0 radical (unpaired) electrons. The Kier molecular flexibility index (Phi) is 4.04. The van der Waals surface area contributed by atoms with Crippen LogP contribution in [0.5, 0.6) is 0 Å². The van der Waals surface area contributed by atoms with Gasteiger partial charge in [-0.3, -0.25) is 4.90 Å². The lowest BCUT2D eigenvalue weighted by Crippen LogP contribution is -2.44. The van der Waals surface area contributed by atoms with Crippen LogP contribution in [0.3, 0.4) is 0 Å². The molecule has 2 atom stereocenters. The number of nitrogens with zero attached hydrogens (tertiary/aromatic N) is 1. The molecule has 1 aromatic heterocycles. The molecule has 1 aromatic rings. The highest BCUT2D eigenvalue weighted by molar-refractivity contribution is 7.14. The summed E-state index contributed by atoms with van der Waals surface area (Å²) in [5.74, 6) is -0.835. The van der Waals surface area contributed by atoms with Crippen molar-refractivity contribution in [1.29, 1.82) is 0 Å². The molecule has 4 nitrogen and oxygen atoms in total. The molecular weight excluding hydrogens is 250 g/mol. The van der Waals surface area contributed by atoms with Crippen molar-refractivity contribution < 1.29 is 14.6 Å². The maximum absolute atomic E-state index is 10.9. The second-order valence-corrected chi connectivity index (χ2v) is 6.20. The number of hydrogen-bond acceptors (Lipinski definition) is 4. The number of thiophene rings is 1. The van der Waals surface area contributed by atoms with E-state index in [4.69, 9.17) is 9.84 Å². The smallest absolute Gasteiger partial charge is 0.345 e. The molecule has 18 heavy (non-hydrogen) atoms. The van der Waals surface area contributed by atoms with Crippen molar-refractivity contribution in [2.45, 2.75) is 39.5 Å². The maximum Gasteiger partial charge on any atom is 0.345 e. The van der Waals surface area contributed by atoms with E-state index in [0.717, 1.165) is 30.1 Å². The Morgan fingerprint density at radius 3 is 2.61 bits per heavy atom. The van der Waals surface area contributed by atoms with Crippen LogP contribution in [-0.2, 0) is 11.3 Å². The molecule has 100 valence electrons. The number of rotatable bonds is 3. The maximum atomic E-state index is 10.9. The fraction of sp³-hybridized carbons (Fsp3) is 0.615. The minimum Gasteiger partial charge on any atom is -0.477 e. The average molecular weight is 269 g/mol. The molecule has 0 saturated carbocycles. The number of ether oxygens (including phenoxy) is 1. The number of aryl methyl sites for hydroxylation is 1. The Balaban J connectivity index is 2.06. The number of carbonyl (C=O) groups is 1. The van der Waals surface area contributed by atoms with Gasteiger partial charge in [0.25, 0.3) is 0 Å². The lowest BCUT2D eigenvalue weighted by Gasteiger charge is -2.35. The number of morpholine rings is 1. The number of carboxylic acid groups (broad SMARTS) is 1. The first-order valence-corrected chi connectivity index (χ1v) is 6.97. The molecule has 1 fully saturated rings. The molecule has 0 aromatic carbocycles. The van der Waals surface area contributed by atoms with E-state index in [-0.39, 0.29) is 12.2 Å². The SMILES string of the molecule is Cc1sc(C(=O)O)cc1CN1CC(C)OC(C)C1. The van der Waals surface area contributed by atoms with E-state index in [1.54, 1.807) is 6.07 Å². The van der Waals surface area contributed by atoms with E-state index >= 15 is 0 Å². The summed E-state index contributed by atoms with van der Waals surface area (Å²) in [5, 5.41) is 8.99. The molecule has 2 heterocycles. The second-order valence-electron chi connectivity index (χ2n) is 4.95. The van der Waals surface area contributed by atoms with E-state index in [0.29, 0.717) is 4.88 Å². The van der Waals surface area contributed by atoms with Crippen molar-refractivity contribution in [1.82, 2.24) is 4.90 Å². The van der Waals surface area contributed by atoms with Crippen molar-refractivity contribution >= 4 is 17.3 Å². The van der Waals surface area contributed by atoms with E-state index in [1.165, 1.54) is 11.3 Å². The summed E-state index contributed by atoms with van der Waals surface area (Å²) in [6.07, 6.45) is 0.485. The number of aromatic carboxylic acids is 1. The third-order valence-corrected chi connectivity index (χ3v) is 4.20. The molecule has 1 N–H and O–H groups in total. The molecule has 1 saturated heterocycles. The largest absolute Gasteiger partial charge is 0.477 e. The molecule has 5 heteroatoms. The molecule has 0 bridgehead atoms. The molecular formula is C13H19NO3S. The van der Waals surface area contributed by atoms with Crippen LogP contribution < -0.4 is 0 Å². The minimum absolute atomic E-state index is 0.242. The standard InChI is InChI=1S/C13H19NO3S/c1-8-5-14(6-9(2)17-8)7-11-4-12(13(15)16)18-10(11)3/h4,8-9H,5-7H2,1-3H3,(H,15,16). The first-order valence-electron chi connectivity index (χ1n) is 6.16. The van der Waals surface area contributed by atoms with Gasteiger partial charge in [-0.1, -0.05) is 0 Å². The van der Waals surface area contributed by atoms with Gasteiger partial charge >= 0.3 is 5.97 Å². The van der Waals surface area contributed by atoms with Gasteiger partial charge in [0.15, 0.2) is 0 Å². The van der Waals surface area contributed by atoms with Crippen LogP contribution in [-0.4, -0.2) is 41.3 Å². The molecule has 0 amide bonds. The van der Waals surface area contributed by atoms with Crippen molar-refractivity contribution in [3.8, 4) is 0 Å². The fourth-order valence-electron chi connectivity index (χ4n) is 2.44. The van der Waals surface area contributed by atoms with Crippen LogP contribution in [0.15, 0.2) is 6.07 Å². The zero-order valence-electron chi connectivity index (χ0n) is 11.0. The lowest BCUT2D eigenvalue weighted by atomic mass is 10.2. The summed E-state index contributed by atoms with van der Waals surface area (Å²) in [6.45, 7) is 8.76. The third kappa shape index (κ3) is 3.10. The van der Waals surface area contributed by atoms with Crippen LogP contribution in [0.2, 0.25) is 0 Å². The normalized spacial score (nSPS) is 25.3. The van der Waals surface area contributed by atoms with E-state index in [2.05, 4.69) is 18.7 Å². The predicted octanol–water partition coefficient (Wildman–Crippen LogP) is 2.36. The molecule has 2 rings (SSSR count). The topological polar surface area (TPSA) is 49.8 Å². The second kappa shape index (κ2) is 5.38. The lowest BCUT2D eigenvalue weighted by molar-refractivity contribution is -0.0705. The Labute approximate surface area is 111 Å². The van der Waals surface area contributed by atoms with Gasteiger partial charge in [0.1, 0.15) is 4.88 Å². The summed E-state index contributed by atoms with van der Waals surface area (Å²) < 4.78 is 5.69. The van der Waals surface area contributed by atoms with Crippen LogP contribution >= 0.6 is 11.3 Å². The summed E-state index contributed by atoms with van der Waals surface area (Å²) in [4.78, 5) is 14.8. The molecule has 0 aliphatic carbocycles. The van der Waals surface area contributed by atoms with Crippen molar-refractivity contribution in [3.63, 3.8) is 0 Å². The average Bonchev–Trinajstić information content (AvgIpc) is 2.59. The molecule has 1 aliphatic heterocycles. The van der Waals surface area contributed by atoms with Gasteiger partial charge in [0.05, 0.1) is 12.2 Å². The van der Waals surface area contributed by atoms with Crippen molar-refractivity contribution in [2.24, 2.45) is 0 Å².